The fourth-order valence-electron chi connectivity index (χ4n) is 3.96. The van der Waals surface area contributed by atoms with E-state index in [1.165, 1.54) is 0 Å². The van der Waals surface area contributed by atoms with Gasteiger partial charge in [0.2, 0.25) is 5.91 Å². The largest absolute Gasteiger partial charge is 0.489 e. The van der Waals surface area contributed by atoms with Gasteiger partial charge in [-0.3, -0.25) is 15.0 Å². The van der Waals surface area contributed by atoms with Gasteiger partial charge in [-0.1, -0.05) is 54.5 Å². The van der Waals surface area contributed by atoms with Crippen LogP contribution in [-0.4, -0.2) is 28.0 Å². The van der Waals surface area contributed by atoms with Crippen molar-refractivity contribution in [2.24, 2.45) is 0 Å². The Morgan fingerprint density at radius 2 is 1.82 bits per heavy atom. The smallest absolute Gasteiger partial charge is 0.344 e. The Hall–Kier alpha value is -4.14. The highest BCUT2D eigenvalue weighted by atomic mass is 16.5. The molecule has 4 rings (SSSR count). The van der Waals surface area contributed by atoms with Crippen LogP contribution >= 0.6 is 0 Å². The number of benzene rings is 2. The van der Waals surface area contributed by atoms with Crippen LogP contribution in [0.5, 0.6) is 5.75 Å². The second-order valence-corrected chi connectivity index (χ2v) is 8.14. The van der Waals surface area contributed by atoms with Crippen LogP contribution in [0.15, 0.2) is 59.1 Å². The molecular formula is C25H26N4O5. The average Bonchev–Trinajstić information content (AvgIpc) is 3.29. The molecule has 1 saturated heterocycles. The lowest BCUT2D eigenvalue weighted by molar-refractivity contribution is -0.139. The first-order valence-corrected chi connectivity index (χ1v) is 11.0. The lowest BCUT2D eigenvalue weighted by Crippen LogP contribution is -2.49. The molecule has 34 heavy (non-hydrogen) atoms. The van der Waals surface area contributed by atoms with Crippen molar-refractivity contribution in [1.29, 1.82) is 0 Å². The number of nitrogens with one attached hydrogen (secondary N) is 2. The maximum atomic E-state index is 13.1. The zero-order valence-electron chi connectivity index (χ0n) is 19.3. The number of hydrogen-bond acceptors (Lipinski definition) is 6. The molecule has 2 heterocycles. The third-order valence-electron chi connectivity index (χ3n) is 5.98. The molecule has 2 N–H and O–H groups in total. The number of imide groups is 1. The van der Waals surface area contributed by atoms with Gasteiger partial charge in [-0.15, -0.1) is 0 Å². The molecule has 0 spiro atoms. The number of hydrazine groups is 1. The van der Waals surface area contributed by atoms with E-state index in [1.54, 1.807) is 48.5 Å². The van der Waals surface area contributed by atoms with Crippen LogP contribution in [0.2, 0.25) is 0 Å². The van der Waals surface area contributed by atoms with Crippen LogP contribution in [0.4, 0.5) is 4.79 Å². The molecule has 4 amide bonds. The topological polar surface area (TPSA) is 114 Å². The molecule has 3 aromatic rings. The van der Waals surface area contributed by atoms with Gasteiger partial charge in [-0.25, -0.2) is 4.79 Å². The number of nitrogens with zero attached hydrogens (tertiary/aromatic N) is 2. The summed E-state index contributed by atoms with van der Waals surface area (Å²) in [6.45, 7) is 5.82. The van der Waals surface area contributed by atoms with E-state index in [0.29, 0.717) is 35.7 Å². The molecule has 0 unspecified atom stereocenters. The summed E-state index contributed by atoms with van der Waals surface area (Å²) in [5.41, 5.74) is 4.29. The number of amides is 4. The number of carbonyl (C=O) groups excluding carboxylic acids is 3. The molecule has 0 radical (unpaired) electrons. The van der Waals surface area contributed by atoms with Crippen LogP contribution in [0, 0.1) is 13.8 Å². The molecule has 1 aliphatic heterocycles. The van der Waals surface area contributed by atoms with Gasteiger partial charge in [0.15, 0.2) is 0 Å². The summed E-state index contributed by atoms with van der Waals surface area (Å²) in [7, 11) is 0. The van der Waals surface area contributed by atoms with Gasteiger partial charge in [0.1, 0.15) is 23.7 Å². The number of aromatic nitrogens is 1. The monoisotopic (exact) mass is 462 g/mol. The van der Waals surface area contributed by atoms with E-state index in [-0.39, 0.29) is 6.42 Å². The second kappa shape index (κ2) is 9.38. The van der Waals surface area contributed by atoms with Crippen molar-refractivity contribution in [3.8, 4) is 5.75 Å². The molecule has 0 saturated carbocycles. The Morgan fingerprint density at radius 1 is 1.12 bits per heavy atom. The van der Waals surface area contributed by atoms with Crippen molar-refractivity contribution < 1.29 is 23.6 Å². The van der Waals surface area contributed by atoms with Crippen molar-refractivity contribution in [3.05, 3.63) is 82.7 Å². The van der Waals surface area contributed by atoms with Crippen LogP contribution in [0.1, 0.15) is 41.5 Å². The van der Waals surface area contributed by atoms with E-state index < -0.39 is 23.4 Å². The Bertz CT molecular complexity index is 1190. The van der Waals surface area contributed by atoms with E-state index in [1.807, 2.05) is 26.8 Å². The Morgan fingerprint density at radius 3 is 2.44 bits per heavy atom. The summed E-state index contributed by atoms with van der Waals surface area (Å²) in [6.07, 6.45) is 0.342. The normalized spacial score (nSPS) is 17.6. The number of carbonyl (C=O) groups is 3. The molecular weight excluding hydrogens is 436 g/mol. The summed E-state index contributed by atoms with van der Waals surface area (Å²) in [5.74, 6) is 0.356. The van der Waals surface area contributed by atoms with Gasteiger partial charge in [0.25, 0.3) is 5.91 Å². The molecule has 1 atom stereocenters. The number of urea groups is 1. The van der Waals surface area contributed by atoms with Gasteiger partial charge in [0.05, 0.1) is 17.7 Å². The molecule has 9 heteroatoms. The van der Waals surface area contributed by atoms with Gasteiger partial charge < -0.3 is 14.6 Å². The third kappa shape index (κ3) is 4.36. The van der Waals surface area contributed by atoms with Crippen LogP contribution in [0.3, 0.4) is 0 Å². The lowest BCUT2D eigenvalue weighted by atomic mass is 9.87. The maximum absolute atomic E-state index is 13.1. The minimum atomic E-state index is -1.20. The van der Waals surface area contributed by atoms with E-state index in [9.17, 15) is 14.4 Å². The summed E-state index contributed by atoms with van der Waals surface area (Å²) in [5, 5.41) is 7.41. The van der Waals surface area contributed by atoms with Crippen molar-refractivity contribution in [3.63, 3.8) is 0 Å². The van der Waals surface area contributed by atoms with Crippen molar-refractivity contribution in [1.82, 2.24) is 20.9 Å². The first-order valence-electron chi connectivity index (χ1n) is 11.0. The highest BCUT2D eigenvalue weighted by Crippen LogP contribution is 2.31. The minimum Gasteiger partial charge on any atom is -0.489 e. The van der Waals surface area contributed by atoms with E-state index in [4.69, 9.17) is 9.26 Å². The molecule has 1 aromatic heterocycles. The zero-order chi connectivity index (χ0) is 24.3. The third-order valence-corrected chi connectivity index (χ3v) is 5.98. The molecule has 1 fully saturated rings. The highest BCUT2D eigenvalue weighted by Gasteiger charge is 2.52. The van der Waals surface area contributed by atoms with Gasteiger partial charge in [-0.05, 0) is 43.5 Å². The lowest BCUT2D eigenvalue weighted by Gasteiger charge is -2.25. The van der Waals surface area contributed by atoms with E-state index in [2.05, 4.69) is 15.9 Å². The van der Waals surface area contributed by atoms with E-state index in [0.717, 1.165) is 16.3 Å². The Labute approximate surface area is 197 Å². The number of rotatable bonds is 8. The van der Waals surface area contributed by atoms with Gasteiger partial charge >= 0.3 is 6.03 Å². The van der Waals surface area contributed by atoms with Crippen molar-refractivity contribution in [2.45, 2.75) is 45.8 Å². The molecule has 2 aromatic carbocycles. The van der Waals surface area contributed by atoms with Crippen LogP contribution < -0.4 is 15.5 Å². The maximum Gasteiger partial charge on any atom is 0.344 e. The highest BCUT2D eigenvalue weighted by molar-refractivity contribution is 6.08. The van der Waals surface area contributed by atoms with Gasteiger partial charge in [-0.2, -0.15) is 5.01 Å². The van der Waals surface area contributed by atoms with Crippen molar-refractivity contribution >= 4 is 17.8 Å². The summed E-state index contributed by atoms with van der Waals surface area (Å²) < 4.78 is 10.9. The fraction of sp³-hybridized carbons (Fsp3) is 0.280. The molecule has 1 aliphatic rings. The predicted octanol–water partition coefficient (Wildman–Crippen LogP) is 3.30. The first-order chi connectivity index (χ1) is 16.3. The average molecular weight is 463 g/mol. The fourth-order valence-corrected chi connectivity index (χ4v) is 3.96. The van der Waals surface area contributed by atoms with E-state index >= 15 is 0 Å². The minimum absolute atomic E-state index is 0.00827. The molecule has 9 nitrogen and oxygen atoms in total. The SMILES string of the molecule is CC[C@]1(c2ccccc2)NC(=O)N(NC(=O)Cc2ccc(OCc3c(C)noc3C)cc2)C1=O. The Balaban J connectivity index is 1.37. The Kier molecular flexibility index (Phi) is 6.36. The summed E-state index contributed by atoms with van der Waals surface area (Å²) >= 11 is 0. The number of hydrogen-bond donors (Lipinski definition) is 2. The molecule has 0 aliphatic carbocycles. The summed E-state index contributed by atoms with van der Waals surface area (Å²) in [6, 6.07) is 15.4. The van der Waals surface area contributed by atoms with Crippen LogP contribution in [-0.2, 0) is 28.2 Å². The van der Waals surface area contributed by atoms with Gasteiger partial charge in [0, 0.05) is 0 Å². The standard InChI is InChI=1S/C25H26N4O5/c1-4-25(19-8-6-5-7-9-19)23(31)29(24(32)26-25)27-22(30)14-18-10-12-20(13-11-18)33-15-21-16(2)28-34-17(21)3/h5-13H,4,14-15H2,1-3H3,(H,26,32)(H,27,30)/t25-/m1/s1. The van der Waals surface area contributed by atoms with Crippen LogP contribution in [0.25, 0.3) is 0 Å². The van der Waals surface area contributed by atoms with Crippen molar-refractivity contribution in [2.75, 3.05) is 0 Å². The first kappa shape index (κ1) is 23.0. The summed E-state index contributed by atoms with van der Waals surface area (Å²) in [4.78, 5) is 38.3. The number of ether oxygens (including phenoxy) is 1. The quantitative estimate of drug-likeness (QED) is 0.497. The molecule has 176 valence electrons. The predicted molar refractivity (Wildman–Crippen MR) is 122 cm³/mol. The molecule has 0 bridgehead atoms. The second-order valence-electron chi connectivity index (χ2n) is 8.14. The number of aryl methyl sites for hydroxylation is 2. The zero-order valence-corrected chi connectivity index (χ0v) is 19.3.